The molecule has 35 heavy (non-hydrogen) atoms. The molecule has 0 amide bonds. The van der Waals surface area contributed by atoms with Crippen LogP contribution in [0.1, 0.15) is 42.9 Å². The summed E-state index contributed by atoms with van der Waals surface area (Å²) in [7, 11) is 1.43. The van der Waals surface area contributed by atoms with E-state index in [4.69, 9.17) is 4.74 Å². The predicted octanol–water partition coefficient (Wildman–Crippen LogP) is 4.92. The second-order valence-electron chi connectivity index (χ2n) is 8.93. The Balaban J connectivity index is 1.33. The van der Waals surface area contributed by atoms with Crippen LogP contribution in [-0.2, 0) is 0 Å². The highest BCUT2D eigenvalue weighted by molar-refractivity contribution is 5.84. The van der Waals surface area contributed by atoms with Gasteiger partial charge < -0.3 is 20.3 Å². The zero-order chi connectivity index (χ0) is 24.9. The van der Waals surface area contributed by atoms with Crippen LogP contribution in [0.3, 0.4) is 0 Å². The van der Waals surface area contributed by atoms with Gasteiger partial charge in [0, 0.05) is 35.8 Å². The van der Waals surface area contributed by atoms with Crippen molar-refractivity contribution in [3.05, 3.63) is 77.2 Å². The van der Waals surface area contributed by atoms with Crippen LogP contribution in [0.25, 0.3) is 17.0 Å². The fraction of sp³-hybridized carbons (Fsp3) is 0.370. The summed E-state index contributed by atoms with van der Waals surface area (Å²) in [6.07, 6.45) is 5.55. The van der Waals surface area contributed by atoms with Crippen molar-refractivity contribution in [1.29, 1.82) is 0 Å². The number of halogens is 3. The number of methoxy groups -OCH3 is 1. The number of nitrogens with zero attached hydrogens (tertiary/aromatic N) is 1. The van der Waals surface area contributed by atoms with Gasteiger partial charge in [-0.15, -0.1) is 0 Å². The third-order valence-electron chi connectivity index (χ3n) is 6.72. The van der Waals surface area contributed by atoms with Crippen molar-refractivity contribution in [2.45, 2.75) is 43.9 Å². The molecule has 0 radical (unpaired) electrons. The molecule has 3 aromatic rings. The molecule has 186 valence electrons. The van der Waals surface area contributed by atoms with Crippen molar-refractivity contribution in [3.8, 4) is 5.75 Å². The molecule has 0 unspecified atom stereocenters. The quantitative estimate of drug-likeness (QED) is 0.422. The van der Waals surface area contributed by atoms with Gasteiger partial charge in [0.05, 0.1) is 13.2 Å². The van der Waals surface area contributed by atoms with E-state index in [-0.39, 0.29) is 23.0 Å². The normalized spacial score (nSPS) is 20.3. The summed E-state index contributed by atoms with van der Waals surface area (Å²) in [4.78, 5) is 4.07. The van der Waals surface area contributed by atoms with E-state index in [1.54, 1.807) is 24.3 Å². The van der Waals surface area contributed by atoms with Gasteiger partial charge in [-0.1, -0.05) is 12.2 Å². The van der Waals surface area contributed by atoms with Crippen molar-refractivity contribution in [3.63, 3.8) is 0 Å². The molecule has 5 nitrogen and oxygen atoms in total. The van der Waals surface area contributed by atoms with Crippen molar-refractivity contribution < 1.29 is 28.1 Å². The van der Waals surface area contributed by atoms with Crippen LogP contribution in [0.4, 0.5) is 13.2 Å². The molecular weight excluding hydrogens is 457 g/mol. The molecule has 2 aromatic carbocycles. The zero-order valence-corrected chi connectivity index (χ0v) is 19.4. The fourth-order valence-corrected chi connectivity index (χ4v) is 4.75. The van der Waals surface area contributed by atoms with Crippen LogP contribution < -0.4 is 10.1 Å². The maximum Gasteiger partial charge on any atom is 0.153 e. The van der Waals surface area contributed by atoms with E-state index in [1.807, 2.05) is 0 Å². The molecule has 0 spiro atoms. The van der Waals surface area contributed by atoms with Gasteiger partial charge in [-0.2, -0.15) is 0 Å². The lowest BCUT2D eigenvalue weighted by Gasteiger charge is -2.34. The van der Waals surface area contributed by atoms with Gasteiger partial charge in [0.2, 0.25) is 0 Å². The Morgan fingerprint density at radius 3 is 2.57 bits per heavy atom. The standard InChI is InChI=1S/C27H29F3N2O3/c1-35-20-14-22-21(10-12-32-25(22)24(30)15-20)27(34)26(33)16-4-7-19(8-5-16)31-11-2-3-17-13-18(28)6-9-23(17)29/h2-3,6,9-10,12-16,19,26-27,31,33-34H,4-5,7-8,11H2,1H3/t16?,19?,26-,27-/m1/s1. The molecule has 0 aliphatic heterocycles. The summed E-state index contributed by atoms with van der Waals surface area (Å²) in [5.74, 6) is -1.31. The topological polar surface area (TPSA) is 74.6 Å². The molecule has 1 aliphatic rings. The summed E-state index contributed by atoms with van der Waals surface area (Å²) in [6, 6.07) is 8.00. The van der Waals surface area contributed by atoms with Crippen molar-refractivity contribution >= 4 is 17.0 Å². The Labute approximate surface area is 202 Å². The molecule has 1 fully saturated rings. The average molecular weight is 487 g/mol. The second kappa shape index (κ2) is 11.2. The van der Waals surface area contributed by atoms with Gasteiger partial charge >= 0.3 is 0 Å². The molecule has 8 heteroatoms. The van der Waals surface area contributed by atoms with Crippen molar-refractivity contribution in [1.82, 2.24) is 10.3 Å². The van der Waals surface area contributed by atoms with Gasteiger partial charge in [0.1, 0.15) is 29.0 Å². The number of rotatable bonds is 8. The lowest BCUT2D eigenvalue weighted by Crippen LogP contribution is -2.37. The Morgan fingerprint density at radius 1 is 1.06 bits per heavy atom. The average Bonchev–Trinajstić information content (AvgIpc) is 2.87. The van der Waals surface area contributed by atoms with Crippen LogP contribution >= 0.6 is 0 Å². The Hall–Kier alpha value is -2.94. The van der Waals surface area contributed by atoms with E-state index in [0.29, 0.717) is 36.1 Å². The van der Waals surface area contributed by atoms with Gasteiger partial charge in [-0.25, -0.2) is 13.2 Å². The first-order chi connectivity index (χ1) is 16.9. The first-order valence-electron chi connectivity index (χ1n) is 11.7. The fourth-order valence-electron chi connectivity index (χ4n) is 4.75. The highest BCUT2D eigenvalue weighted by Gasteiger charge is 2.32. The van der Waals surface area contributed by atoms with Gasteiger partial charge in [0.15, 0.2) is 5.82 Å². The monoisotopic (exact) mass is 486 g/mol. The number of ether oxygens (including phenoxy) is 1. The maximum atomic E-state index is 14.4. The van der Waals surface area contributed by atoms with Crippen LogP contribution in [-0.4, -0.2) is 41.0 Å². The van der Waals surface area contributed by atoms with E-state index < -0.39 is 29.7 Å². The predicted molar refractivity (Wildman–Crippen MR) is 128 cm³/mol. The number of aromatic nitrogens is 1. The third-order valence-corrected chi connectivity index (χ3v) is 6.72. The molecule has 0 bridgehead atoms. The molecule has 1 aliphatic carbocycles. The molecule has 3 N–H and O–H groups in total. The SMILES string of the molecule is COc1cc(F)c2nccc([C@@H](O)[C@H](O)C3CCC(NCC=Cc4cc(F)ccc4F)CC3)c2c1. The number of aliphatic hydroxyl groups excluding tert-OH is 2. The first kappa shape index (κ1) is 25.2. The number of benzene rings is 2. The maximum absolute atomic E-state index is 14.4. The van der Waals surface area contributed by atoms with Crippen LogP contribution in [0, 0.1) is 23.4 Å². The summed E-state index contributed by atoms with van der Waals surface area (Å²) < 4.78 is 46.5. The summed E-state index contributed by atoms with van der Waals surface area (Å²) in [6.45, 7) is 0.507. The van der Waals surface area contributed by atoms with Crippen LogP contribution in [0.5, 0.6) is 5.75 Å². The number of hydrogen-bond acceptors (Lipinski definition) is 5. The number of fused-ring (bicyclic) bond motifs is 1. The van der Waals surface area contributed by atoms with E-state index >= 15 is 0 Å². The molecule has 2 atom stereocenters. The van der Waals surface area contributed by atoms with Crippen LogP contribution in [0.2, 0.25) is 0 Å². The first-order valence-corrected chi connectivity index (χ1v) is 11.7. The number of aliphatic hydroxyl groups is 2. The lowest BCUT2D eigenvalue weighted by molar-refractivity contribution is -0.0299. The summed E-state index contributed by atoms with van der Waals surface area (Å²) in [5, 5.41) is 25.7. The minimum Gasteiger partial charge on any atom is -0.497 e. The van der Waals surface area contributed by atoms with E-state index in [1.165, 1.54) is 19.4 Å². The number of pyridine rings is 1. The molecule has 4 rings (SSSR count). The van der Waals surface area contributed by atoms with E-state index in [9.17, 15) is 23.4 Å². The zero-order valence-electron chi connectivity index (χ0n) is 19.4. The third kappa shape index (κ3) is 5.83. The molecule has 1 heterocycles. The van der Waals surface area contributed by atoms with Gasteiger partial charge in [-0.05, 0) is 67.5 Å². The molecule has 1 aromatic heterocycles. The van der Waals surface area contributed by atoms with Crippen LogP contribution in [0.15, 0.2) is 48.7 Å². The molecule has 1 saturated carbocycles. The lowest BCUT2D eigenvalue weighted by atomic mass is 9.79. The van der Waals surface area contributed by atoms with Gasteiger partial charge in [0.25, 0.3) is 0 Å². The van der Waals surface area contributed by atoms with Gasteiger partial charge in [-0.3, -0.25) is 4.98 Å². The summed E-state index contributed by atoms with van der Waals surface area (Å²) in [5.41, 5.74) is 0.734. The Morgan fingerprint density at radius 2 is 1.83 bits per heavy atom. The second-order valence-corrected chi connectivity index (χ2v) is 8.93. The molecule has 0 saturated heterocycles. The van der Waals surface area contributed by atoms with E-state index in [2.05, 4.69) is 10.3 Å². The number of nitrogens with one attached hydrogen (secondary N) is 1. The largest absolute Gasteiger partial charge is 0.497 e. The minimum absolute atomic E-state index is 0.112. The van der Waals surface area contributed by atoms with E-state index in [0.717, 1.165) is 31.0 Å². The molecular formula is C27H29F3N2O3. The highest BCUT2D eigenvalue weighted by atomic mass is 19.1. The number of hydrogen-bond donors (Lipinski definition) is 3. The van der Waals surface area contributed by atoms with Crippen molar-refractivity contribution in [2.24, 2.45) is 5.92 Å². The van der Waals surface area contributed by atoms with Crippen molar-refractivity contribution in [2.75, 3.05) is 13.7 Å². The summed E-state index contributed by atoms with van der Waals surface area (Å²) >= 11 is 0. The Kier molecular flexibility index (Phi) is 8.05. The Bertz CT molecular complexity index is 1200. The highest BCUT2D eigenvalue weighted by Crippen LogP contribution is 2.36. The smallest absolute Gasteiger partial charge is 0.153 e. The minimum atomic E-state index is -1.19.